The van der Waals surface area contributed by atoms with E-state index in [0.29, 0.717) is 0 Å². The summed E-state index contributed by atoms with van der Waals surface area (Å²) in [7, 11) is 0. The molecular weight excluding hydrogens is 406 g/mol. The Morgan fingerprint density at radius 1 is 1.11 bits per heavy atom. The molecule has 1 atom stereocenters. The van der Waals surface area contributed by atoms with Gasteiger partial charge in [-0.1, -0.05) is 30.3 Å². The Balaban J connectivity index is 1.43. The molecule has 142 valence electrons. The predicted octanol–water partition coefficient (Wildman–Crippen LogP) is 4.97. The average Bonchev–Trinajstić information content (AvgIpc) is 3.36. The lowest BCUT2D eigenvalue weighted by atomic mass is 10.2. The van der Waals surface area contributed by atoms with Gasteiger partial charge in [0, 0.05) is 29.3 Å². The molecule has 0 saturated carbocycles. The Morgan fingerprint density at radius 3 is 2.75 bits per heavy atom. The molecule has 0 aliphatic rings. The fourth-order valence-electron chi connectivity index (χ4n) is 2.66. The first-order valence-electron chi connectivity index (χ1n) is 8.77. The normalized spacial score (nSPS) is 12.2. The van der Waals surface area contributed by atoms with Crippen LogP contribution in [0.25, 0.3) is 21.3 Å². The number of nitrogens with two attached hydrogens (primary N) is 1. The Labute approximate surface area is 176 Å². The van der Waals surface area contributed by atoms with E-state index in [0.717, 1.165) is 43.5 Å². The molecule has 3 heterocycles. The Hall–Kier alpha value is -2.13. The number of hydrogen-bond donors (Lipinski definition) is 1. The van der Waals surface area contributed by atoms with Crippen molar-refractivity contribution in [2.45, 2.75) is 18.7 Å². The van der Waals surface area contributed by atoms with E-state index >= 15 is 0 Å². The van der Waals surface area contributed by atoms with Gasteiger partial charge in [0.25, 0.3) is 0 Å². The maximum atomic E-state index is 6.38. The summed E-state index contributed by atoms with van der Waals surface area (Å²) >= 11 is 5.04. The second-order valence-electron chi connectivity index (χ2n) is 6.20. The standard InChI is InChI=1S/C20H19N5S3/c1-13-18(28-20(24-13)16-9-22-7-8-23-16)17-12-27-19(25-17)15(21)11-26-10-14-5-3-2-4-6-14/h2-9,12,15H,10-11,21H2,1H3. The monoisotopic (exact) mass is 425 g/mol. The van der Waals surface area contributed by atoms with E-state index < -0.39 is 0 Å². The highest BCUT2D eigenvalue weighted by Crippen LogP contribution is 2.35. The maximum absolute atomic E-state index is 6.38. The number of hydrogen-bond acceptors (Lipinski definition) is 8. The first kappa shape index (κ1) is 19.2. The van der Waals surface area contributed by atoms with Gasteiger partial charge in [-0.25, -0.2) is 9.97 Å². The summed E-state index contributed by atoms with van der Waals surface area (Å²) in [5, 5.41) is 3.89. The highest BCUT2D eigenvalue weighted by Gasteiger charge is 2.17. The zero-order chi connectivity index (χ0) is 19.3. The lowest BCUT2D eigenvalue weighted by molar-refractivity contribution is 0.820. The van der Waals surface area contributed by atoms with Crippen LogP contribution in [0.15, 0.2) is 54.3 Å². The molecule has 0 saturated heterocycles. The fraction of sp³-hybridized carbons (Fsp3) is 0.200. The van der Waals surface area contributed by atoms with E-state index in [1.807, 2.05) is 24.8 Å². The van der Waals surface area contributed by atoms with Crippen molar-refractivity contribution < 1.29 is 0 Å². The van der Waals surface area contributed by atoms with Gasteiger partial charge >= 0.3 is 0 Å². The molecule has 4 aromatic rings. The van der Waals surface area contributed by atoms with Crippen LogP contribution in [0.2, 0.25) is 0 Å². The Kier molecular flexibility index (Phi) is 6.11. The molecule has 8 heteroatoms. The van der Waals surface area contributed by atoms with Gasteiger partial charge in [0.2, 0.25) is 0 Å². The summed E-state index contributed by atoms with van der Waals surface area (Å²) in [4.78, 5) is 18.9. The molecule has 0 radical (unpaired) electrons. The molecule has 28 heavy (non-hydrogen) atoms. The van der Waals surface area contributed by atoms with E-state index in [4.69, 9.17) is 10.7 Å². The highest BCUT2D eigenvalue weighted by atomic mass is 32.2. The smallest absolute Gasteiger partial charge is 0.144 e. The molecule has 1 unspecified atom stereocenters. The van der Waals surface area contributed by atoms with Crippen LogP contribution in [0.5, 0.6) is 0 Å². The topological polar surface area (TPSA) is 77.6 Å². The summed E-state index contributed by atoms with van der Waals surface area (Å²) in [6, 6.07) is 10.4. The average molecular weight is 426 g/mol. The molecule has 0 spiro atoms. The van der Waals surface area contributed by atoms with Crippen LogP contribution >= 0.6 is 34.4 Å². The molecular formula is C20H19N5S3. The molecule has 5 nitrogen and oxygen atoms in total. The number of rotatable bonds is 7. The lowest BCUT2D eigenvalue weighted by Crippen LogP contribution is -2.12. The molecule has 3 aromatic heterocycles. The maximum Gasteiger partial charge on any atom is 0.144 e. The van der Waals surface area contributed by atoms with Crippen molar-refractivity contribution in [2.75, 3.05) is 5.75 Å². The van der Waals surface area contributed by atoms with Gasteiger partial charge < -0.3 is 5.73 Å². The SMILES string of the molecule is Cc1nc(-c2cnccn2)sc1-c1csc(C(N)CSCc2ccccc2)n1. The van der Waals surface area contributed by atoms with Crippen LogP contribution in [0.3, 0.4) is 0 Å². The Morgan fingerprint density at radius 2 is 1.96 bits per heavy atom. The van der Waals surface area contributed by atoms with Crippen molar-refractivity contribution in [3.63, 3.8) is 0 Å². The van der Waals surface area contributed by atoms with Gasteiger partial charge in [-0.15, -0.1) is 22.7 Å². The lowest BCUT2D eigenvalue weighted by Gasteiger charge is -2.08. The molecule has 0 amide bonds. The Bertz CT molecular complexity index is 1030. The molecule has 0 bridgehead atoms. The third-order valence-corrected chi connectivity index (χ3v) is 7.37. The van der Waals surface area contributed by atoms with Gasteiger partial charge in [-0.2, -0.15) is 11.8 Å². The molecule has 0 fully saturated rings. The van der Waals surface area contributed by atoms with Crippen LogP contribution in [-0.4, -0.2) is 25.7 Å². The summed E-state index contributed by atoms with van der Waals surface area (Å²) < 4.78 is 0. The number of thiazole rings is 2. The summed E-state index contributed by atoms with van der Waals surface area (Å²) in [6.07, 6.45) is 5.07. The zero-order valence-electron chi connectivity index (χ0n) is 15.3. The van der Waals surface area contributed by atoms with Crippen molar-refractivity contribution >= 4 is 34.4 Å². The second-order valence-corrected chi connectivity index (χ2v) is 9.12. The summed E-state index contributed by atoms with van der Waals surface area (Å²) in [6.45, 7) is 2.00. The van der Waals surface area contributed by atoms with E-state index in [1.54, 1.807) is 41.3 Å². The van der Waals surface area contributed by atoms with Crippen LogP contribution < -0.4 is 5.73 Å². The van der Waals surface area contributed by atoms with Crippen LogP contribution in [0.1, 0.15) is 22.3 Å². The third-order valence-electron chi connectivity index (χ3n) is 4.06. The van der Waals surface area contributed by atoms with E-state index in [1.165, 1.54) is 5.56 Å². The second kappa shape index (κ2) is 8.91. The van der Waals surface area contributed by atoms with Gasteiger partial charge in [0.05, 0.1) is 28.5 Å². The van der Waals surface area contributed by atoms with Crippen molar-refractivity contribution in [3.8, 4) is 21.3 Å². The molecule has 4 rings (SSSR count). The van der Waals surface area contributed by atoms with Gasteiger partial charge in [0.1, 0.15) is 15.7 Å². The minimum atomic E-state index is -0.0693. The van der Waals surface area contributed by atoms with E-state index in [9.17, 15) is 0 Å². The number of aryl methyl sites for hydroxylation is 1. The van der Waals surface area contributed by atoms with Gasteiger partial charge in [0.15, 0.2) is 0 Å². The van der Waals surface area contributed by atoms with Crippen molar-refractivity contribution in [1.29, 1.82) is 0 Å². The van der Waals surface area contributed by atoms with Crippen molar-refractivity contribution in [1.82, 2.24) is 19.9 Å². The summed E-state index contributed by atoms with van der Waals surface area (Å²) in [5.74, 6) is 1.80. The molecule has 0 aliphatic heterocycles. The van der Waals surface area contributed by atoms with Crippen LogP contribution in [0, 0.1) is 6.92 Å². The van der Waals surface area contributed by atoms with Crippen molar-refractivity contribution in [3.05, 3.63) is 70.6 Å². The van der Waals surface area contributed by atoms with Crippen molar-refractivity contribution in [2.24, 2.45) is 5.73 Å². The fourth-order valence-corrected chi connectivity index (χ4v) is 5.60. The molecule has 1 aromatic carbocycles. The van der Waals surface area contributed by atoms with Crippen LogP contribution in [-0.2, 0) is 5.75 Å². The van der Waals surface area contributed by atoms with Gasteiger partial charge in [-0.05, 0) is 12.5 Å². The summed E-state index contributed by atoms with van der Waals surface area (Å²) in [5.41, 5.74) is 10.4. The first-order chi connectivity index (χ1) is 13.7. The van der Waals surface area contributed by atoms with Crippen LogP contribution in [0.4, 0.5) is 0 Å². The number of thioether (sulfide) groups is 1. The van der Waals surface area contributed by atoms with E-state index in [-0.39, 0.29) is 6.04 Å². The predicted molar refractivity (Wildman–Crippen MR) is 119 cm³/mol. The highest BCUT2D eigenvalue weighted by molar-refractivity contribution is 7.98. The number of aromatic nitrogens is 4. The third kappa shape index (κ3) is 4.47. The van der Waals surface area contributed by atoms with Gasteiger partial charge in [-0.3, -0.25) is 9.97 Å². The molecule has 2 N–H and O–H groups in total. The van der Waals surface area contributed by atoms with E-state index in [2.05, 4.69) is 44.6 Å². The first-order valence-corrected chi connectivity index (χ1v) is 11.6. The minimum Gasteiger partial charge on any atom is -0.321 e. The minimum absolute atomic E-state index is 0.0693. The zero-order valence-corrected chi connectivity index (χ0v) is 17.7. The molecule has 0 aliphatic carbocycles. The quantitative estimate of drug-likeness (QED) is 0.451. The number of nitrogens with zero attached hydrogens (tertiary/aromatic N) is 4. The number of benzene rings is 1. The largest absolute Gasteiger partial charge is 0.321 e.